The smallest absolute Gasteiger partial charge is 0.387 e. The van der Waals surface area contributed by atoms with Crippen LogP contribution in [0.5, 0.6) is 5.75 Å². The van der Waals surface area contributed by atoms with E-state index in [1.54, 1.807) is 6.92 Å². The molecular formula is C21H22F2O8S. The molecule has 0 spiro atoms. The first-order chi connectivity index (χ1) is 14.8. The van der Waals surface area contributed by atoms with E-state index in [2.05, 4.69) is 4.74 Å². The lowest BCUT2D eigenvalue weighted by molar-refractivity contribution is -0.164. The Balaban J connectivity index is 2.09. The summed E-state index contributed by atoms with van der Waals surface area (Å²) in [7, 11) is -3.99. The number of halogens is 2. The molecule has 11 heteroatoms. The molecule has 2 aliphatic carbocycles. The molecule has 0 amide bonds. The lowest BCUT2D eigenvalue weighted by Gasteiger charge is -2.33. The van der Waals surface area contributed by atoms with Crippen molar-refractivity contribution in [1.82, 2.24) is 0 Å². The van der Waals surface area contributed by atoms with Crippen LogP contribution in [0.25, 0.3) is 0 Å². The second kappa shape index (κ2) is 8.02. The highest BCUT2D eigenvalue weighted by atomic mass is 32.2. The van der Waals surface area contributed by atoms with Gasteiger partial charge < -0.3 is 9.47 Å². The van der Waals surface area contributed by atoms with E-state index in [1.807, 2.05) is 0 Å². The number of carbonyl (C=O) groups excluding carboxylic acids is 4. The van der Waals surface area contributed by atoms with Crippen LogP contribution in [0.15, 0.2) is 17.0 Å². The third-order valence-corrected chi connectivity index (χ3v) is 7.28. The monoisotopic (exact) mass is 472 g/mol. The van der Waals surface area contributed by atoms with Crippen LogP contribution in [-0.4, -0.2) is 51.2 Å². The number of hydrogen-bond donors (Lipinski definition) is 0. The summed E-state index contributed by atoms with van der Waals surface area (Å²) in [6, 6.07) is 1.96. The Morgan fingerprint density at radius 1 is 1.25 bits per heavy atom. The van der Waals surface area contributed by atoms with Crippen molar-refractivity contribution in [2.24, 2.45) is 23.2 Å². The van der Waals surface area contributed by atoms with Crippen molar-refractivity contribution in [3.8, 4) is 5.75 Å². The molecule has 0 radical (unpaired) electrons. The Kier molecular flexibility index (Phi) is 6.01. The van der Waals surface area contributed by atoms with E-state index < -0.39 is 73.6 Å². The van der Waals surface area contributed by atoms with E-state index in [4.69, 9.17) is 4.74 Å². The zero-order valence-corrected chi connectivity index (χ0v) is 18.6. The Morgan fingerprint density at radius 3 is 2.41 bits per heavy atom. The number of ketones is 3. The molecule has 32 heavy (non-hydrogen) atoms. The number of alkyl halides is 2. The van der Waals surface area contributed by atoms with Crippen molar-refractivity contribution in [1.29, 1.82) is 0 Å². The maximum Gasteiger partial charge on any atom is 0.387 e. The second-order valence-electron chi connectivity index (χ2n) is 8.15. The largest absolute Gasteiger partial charge is 0.465 e. The zero-order valence-electron chi connectivity index (χ0n) is 17.8. The van der Waals surface area contributed by atoms with Gasteiger partial charge in [0.2, 0.25) is 0 Å². The van der Waals surface area contributed by atoms with Gasteiger partial charge in [-0.15, -0.1) is 0 Å². The number of sulfone groups is 1. The minimum atomic E-state index is -3.99. The van der Waals surface area contributed by atoms with Crippen LogP contribution in [-0.2, 0) is 29.0 Å². The second-order valence-corrected chi connectivity index (χ2v) is 10.1. The fourth-order valence-electron chi connectivity index (χ4n) is 4.37. The van der Waals surface area contributed by atoms with Crippen molar-refractivity contribution >= 4 is 33.2 Å². The fourth-order valence-corrected chi connectivity index (χ4v) is 5.22. The molecule has 4 atom stereocenters. The highest BCUT2D eigenvalue weighted by Gasteiger charge is 2.69. The van der Waals surface area contributed by atoms with Crippen LogP contribution in [0, 0.1) is 30.1 Å². The van der Waals surface area contributed by atoms with Gasteiger partial charge in [0.25, 0.3) is 0 Å². The number of Topliss-reactive ketones (excluding diaryl/α,β-unsaturated/α-hetero) is 3. The normalized spacial score (nSPS) is 27.2. The summed E-state index contributed by atoms with van der Waals surface area (Å²) >= 11 is 0. The fraction of sp³-hybridized carbons (Fsp3) is 0.524. The third-order valence-electron chi connectivity index (χ3n) is 6.16. The Bertz CT molecular complexity index is 1130. The van der Waals surface area contributed by atoms with Crippen LogP contribution >= 0.6 is 0 Å². The average molecular weight is 472 g/mol. The molecule has 0 heterocycles. The van der Waals surface area contributed by atoms with Gasteiger partial charge in [0.1, 0.15) is 22.0 Å². The molecule has 8 nitrogen and oxygen atoms in total. The lowest BCUT2D eigenvalue weighted by atomic mass is 9.66. The summed E-state index contributed by atoms with van der Waals surface area (Å²) in [5, 5.41) is 0. The molecule has 174 valence electrons. The molecule has 1 aromatic rings. The van der Waals surface area contributed by atoms with E-state index in [-0.39, 0.29) is 24.2 Å². The molecule has 0 saturated heterocycles. The number of benzene rings is 1. The molecule has 0 bridgehead atoms. The minimum absolute atomic E-state index is 0.00599. The summed E-state index contributed by atoms with van der Waals surface area (Å²) < 4.78 is 59.2. The first-order valence-corrected chi connectivity index (χ1v) is 11.7. The summed E-state index contributed by atoms with van der Waals surface area (Å²) in [4.78, 5) is 51.3. The number of rotatable bonds is 7. The average Bonchev–Trinajstić information content (AvgIpc) is 3.48. The van der Waals surface area contributed by atoms with Gasteiger partial charge in [0, 0.05) is 23.3 Å². The maximum absolute atomic E-state index is 13.3. The first-order valence-electron chi connectivity index (χ1n) is 9.84. The van der Waals surface area contributed by atoms with Crippen molar-refractivity contribution in [2.75, 3.05) is 12.9 Å². The molecule has 0 aliphatic heterocycles. The number of esters is 1. The van der Waals surface area contributed by atoms with E-state index >= 15 is 0 Å². The summed E-state index contributed by atoms with van der Waals surface area (Å²) in [5.41, 5.74) is -2.25. The highest BCUT2D eigenvalue weighted by Crippen LogP contribution is 2.58. The summed E-state index contributed by atoms with van der Waals surface area (Å²) in [6.07, 6.45) is 1.04. The number of carbonyl (C=O) groups is 4. The van der Waals surface area contributed by atoms with Crippen LogP contribution in [0.1, 0.15) is 36.2 Å². The maximum atomic E-state index is 13.3. The summed E-state index contributed by atoms with van der Waals surface area (Å²) in [6.45, 7) is 0.713. The van der Waals surface area contributed by atoms with Gasteiger partial charge in [-0.3, -0.25) is 19.2 Å². The molecule has 2 aliphatic rings. The Labute approximate surface area is 183 Å². The zero-order chi connectivity index (χ0) is 24.2. The molecule has 0 N–H and O–H groups in total. The van der Waals surface area contributed by atoms with Gasteiger partial charge >= 0.3 is 12.6 Å². The SMILES string of the molecule is CCOC(=O)C1(C)C(=O)C(C(=O)c2ccc(S(C)(=O)=O)c(OC(F)F)c2C)C(=O)C2CC21. The van der Waals surface area contributed by atoms with Gasteiger partial charge in [-0.05, 0) is 45.2 Å². The van der Waals surface area contributed by atoms with Gasteiger partial charge in [-0.2, -0.15) is 8.78 Å². The van der Waals surface area contributed by atoms with E-state index in [1.165, 1.54) is 13.8 Å². The van der Waals surface area contributed by atoms with E-state index in [9.17, 15) is 36.4 Å². The summed E-state index contributed by atoms with van der Waals surface area (Å²) in [5.74, 6) is -7.16. The molecule has 3 rings (SSSR count). The molecule has 2 saturated carbocycles. The molecule has 2 fully saturated rings. The predicted molar refractivity (Wildman–Crippen MR) is 105 cm³/mol. The topological polar surface area (TPSA) is 121 Å². The van der Waals surface area contributed by atoms with Crippen LogP contribution < -0.4 is 4.74 Å². The predicted octanol–water partition coefficient (Wildman–Crippen LogP) is 2.16. The number of fused-ring (bicyclic) bond motifs is 1. The van der Waals surface area contributed by atoms with Crippen molar-refractivity contribution in [3.05, 3.63) is 23.3 Å². The molecule has 0 aromatic heterocycles. The highest BCUT2D eigenvalue weighted by molar-refractivity contribution is 7.90. The van der Waals surface area contributed by atoms with E-state index in [0.29, 0.717) is 0 Å². The van der Waals surface area contributed by atoms with Crippen LogP contribution in [0.3, 0.4) is 0 Å². The van der Waals surface area contributed by atoms with Crippen molar-refractivity contribution in [3.63, 3.8) is 0 Å². The Morgan fingerprint density at radius 2 is 1.88 bits per heavy atom. The third kappa shape index (κ3) is 3.72. The standard InChI is InChI=1S/C21H22F2O8S/c1-5-30-19(27)21(3)12-8-11(12)16(25)14(18(21)26)15(24)10-6-7-13(32(4,28)29)17(9(10)2)31-20(22)23/h6-7,11-12,14,20H,5,8H2,1-4H3. The van der Waals surface area contributed by atoms with Crippen molar-refractivity contribution in [2.45, 2.75) is 38.7 Å². The van der Waals surface area contributed by atoms with Gasteiger partial charge in [-0.1, -0.05) is 0 Å². The van der Waals surface area contributed by atoms with Crippen molar-refractivity contribution < 1.29 is 45.9 Å². The minimum Gasteiger partial charge on any atom is -0.465 e. The number of ether oxygens (including phenoxy) is 2. The van der Waals surface area contributed by atoms with Gasteiger partial charge in [0.15, 0.2) is 27.2 Å². The van der Waals surface area contributed by atoms with Crippen LogP contribution in [0.2, 0.25) is 0 Å². The van der Waals surface area contributed by atoms with E-state index in [0.717, 1.165) is 18.4 Å². The first kappa shape index (κ1) is 24.0. The molecule has 1 aromatic carbocycles. The number of hydrogen-bond acceptors (Lipinski definition) is 8. The quantitative estimate of drug-likeness (QED) is 0.336. The van der Waals surface area contributed by atoms with Crippen LogP contribution in [0.4, 0.5) is 8.78 Å². The Hall–Kier alpha value is -2.69. The van der Waals surface area contributed by atoms with Gasteiger partial charge in [-0.25, -0.2) is 8.42 Å². The molecule has 4 unspecified atom stereocenters. The molecular weight excluding hydrogens is 450 g/mol. The van der Waals surface area contributed by atoms with Gasteiger partial charge in [0.05, 0.1) is 6.61 Å². The lowest BCUT2D eigenvalue weighted by Crippen LogP contribution is -2.52.